The average Bonchev–Trinajstić information content (AvgIpc) is 3.51. The third-order valence-electron chi connectivity index (χ3n) is 5.50. The van der Waals surface area contributed by atoms with Gasteiger partial charge in [0.15, 0.2) is 0 Å². The van der Waals surface area contributed by atoms with Crippen molar-refractivity contribution >= 4 is 33.2 Å². The van der Waals surface area contributed by atoms with Crippen LogP contribution in [0.25, 0.3) is 0 Å². The van der Waals surface area contributed by atoms with Crippen molar-refractivity contribution in [2.45, 2.75) is 23.8 Å². The second kappa shape index (κ2) is 9.47. The number of nitrogens with one attached hydrogen (secondary N) is 1. The van der Waals surface area contributed by atoms with E-state index in [2.05, 4.69) is 4.72 Å². The van der Waals surface area contributed by atoms with Gasteiger partial charge in [-0.2, -0.15) is 0 Å². The first-order valence-corrected chi connectivity index (χ1v) is 12.6. The molecule has 4 rings (SSSR count). The first-order chi connectivity index (χ1) is 14.9. The van der Waals surface area contributed by atoms with Crippen LogP contribution in [0.2, 0.25) is 0 Å². The molecule has 0 saturated carbocycles. The number of carbonyl (C=O) groups excluding carboxylic acids is 2. The highest BCUT2D eigenvalue weighted by Crippen LogP contribution is 2.18. The van der Waals surface area contributed by atoms with Crippen molar-refractivity contribution in [1.29, 1.82) is 0 Å². The van der Waals surface area contributed by atoms with E-state index in [4.69, 9.17) is 4.74 Å². The lowest BCUT2D eigenvalue weighted by molar-refractivity contribution is 0.0538. The summed E-state index contributed by atoms with van der Waals surface area (Å²) < 4.78 is 33.3. The topological polar surface area (TPSA) is 96.0 Å². The number of ether oxygens (including phenoxy) is 1. The lowest BCUT2D eigenvalue weighted by atomic mass is 10.2. The van der Waals surface area contributed by atoms with Gasteiger partial charge in [0.2, 0.25) is 10.0 Å². The highest BCUT2D eigenvalue weighted by atomic mass is 32.2. The van der Waals surface area contributed by atoms with Crippen LogP contribution in [0.1, 0.15) is 32.9 Å². The molecule has 166 valence electrons. The number of benzene rings is 1. The van der Waals surface area contributed by atoms with E-state index in [1.165, 1.54) is 23.5 Å². The second-order valence-corrected chi connectivity index (χ2v) is 10.3. The molecule has 2 fully saturated rings. The van der Waals surface area contributed by atoms with Gasteiger partial charge < -0.3 is 14.5 Å². The van der Waals surface area contributed by atoms with Gasteiger partial charge >= 0.3 is 0 Å². The molecule has 1 atom stereocenters. The van der Waals surface area contributed by atoms with E-state index < -0.39 is 10.0 Å². The van der Waals surface area contributed by atoms with Crippen LogP contribution in [0.5, 0.6) is 0 Å². The maximum atomic E-state index is 12.9. The Hall–Kier alpha value is -2.27. The maximum absolute atomic E-state index is 12.9. The van der Waals surface area contributed by atoms with Crippen LogP contribution in [0, 0.1) is 0 Å². The number of piperazine rings is 1. The van der Waals surface area contributed by atoms with Gasteiger partial charge in [-0.1, -0.05) is 12.1 Å². The molecule has 3 heterocycles. The van der Waals surface area contributed by atoms with E-state index in [1.54, 1.807) is 28.0 Å². The molecular weight excluding hydrogens is 438 g/mol. The Morgan fingerprint density at radius 3 is 2.45 bits per heavy atom. The first kappa shape index (κ1) is 21.9. The zero-order valence-electron chi connectivity index (χ0n) is 17.0. The van der Waals surface area contributed by atoms with Gasteiger partial charge in [-0.15, -0.1) is 11.3 Å². The van der Waals surface area contributed by atoms with Gasteiger partial charge in [0.05, 0.1) is 15.9 Å². The number of sulfonamides is 1. The van der Waals surface area contributed by atoms with Crippen LogP contribution in [-0.2, 0) is 14.8 Å². The van der Waals surface area contributed by atoms with Crippen molar-refractivity contribution in [3.8, 4) is 0 Å². The summed E-state index contributed by atoms with van der Waals surface area (Å²) in [5.41, 5.74) is 0.318. The molecule has 2 amide bonds. The zero-order valence-corrected chi connectivity index (χ0v) is 18.7. The van der Waals surface area contributed by atoms with Crippen LogP contribution in [0.4, 0.5) is 0 Å². The molecule has 1 N–H and O–H groups in total. The fourth-order valence-electron chi connectivity index (χ4n) is 3.74. The van der Waals surface area contributed by atoms with Gasteiger partial charge in [0.25, 0.3) is 11.8 Å². The number of thiophene rings is 1. The second-order valence-electron chi connectivity index (χ2n) is 7.58. The van der Waals surface area contributed by atoms with Crippen molar-refractivity contribution in [2.75, 3.05) is 39.3 Å². The van der Waals surface area contributed by atoms with Crippen LogP contribution >= 0.6 is 11.3 Å². The smallest absolute Gasteiger partial charge is 0.264 e. The highest BCUT2D eigenvalue weighted by molar-refractivity contribution is 7.89. The predicted molar refractivity (Wildman–Crippen MR) is 117 cm³/mol. The molecule has 0 radical (unpaired) electrons. The number of hydrogen-bond donors (Lipinski definition) is 1. The van der Waals surface area contributed by atoms with Crippen LogP contribution < -0.4 is 4.72 Å². The van der Waals surface area contributed by atoms with E-state index in [0.717, 1.165) is 12.8 Å². The quantitative estimate of drug-likeness (QED) is 0.705. The molecular formula is C21H25N3O5S2. The minimum absolute atomic E-state index is 0.0208. The highest BCUT2D eigenvalue weighted by Gasteiger charge is 2.27. The number of nitrogens with zero attached hydrogens (tertiary/aromatic N) is 2. The van der Waals surface area contributed by atoms with E-state index >= 15 is 0 Å². The minimum atomic E-state index is -3.73. The van der Waals surface area contributed by atoms with Crippen LogP contribution in [0.15, 0.2) is 46.7 Å². The Kier molecular flexibility index (Phi) is 6.71. The fourth-order valence-corrected chi connectivity index (χ4v) is 5.54. The molecule has 1 aromatic carbocycles. The molecule has 31 heavy (non-hydrogen) atoms. The number of hydrogen-bond acceptors (Lipinski definition) is 6. The lowest BCUT2D eigenvalue weighted by Crippen LogP contribution is -2.50. The molecule has 0 unspecified atom stereocenters. The summed E-state index contributed by atoms with van der Waals surface area (Å²) >= 11 is 1.40. The Bertz CT molecular complexity index is 1030. The van der Waals surface area contributed by atoms with Gasteiger partial charge in [-0.3, -0.25) is 9.59 Å². The van der Waals surface area contributed by atoms with Gasteiger partial charge in [0, 0.05) is 44.9 Å². The summed E-state index contributed by atoms with van der Waals surface area (Å²) in [5, 5.41) is 1.86. The SMILES string of the molecule is O=C(c1cccc(S(=O)(=O)NC[C@@H]2CCCO2)c1)N1CCN(C(=O)c2cccs2)CC1. The Morgan fingerprint density at radius 1 is 1.06 bits per heavy atom. The summed E-state index contributed by atoms with van der Waals surface area (Å²) in [6, 6.07) is 9.71. The van der Waals surface area contributed by atoms with Crippen molar-refractivity contribution in [1.82, 2.24) is 14.5 Å². The largest absolute Gasteiger partial charge is 0.377 e. The Balaban J connectivity index is 1.37. The summed E-state index contributed by atoms with van der Waals surface area (Å²) in [7, 11) is -3.73. The molecule has 1 aromatic heterocycles. The molecule has 10 heteroatoms. The Labute approximate surface area is 185 Å². The Morgan fingerprint density at radius 2 is 1.81 bits per heavy atom. The van der Waals surface area contributed by atoms with E-state index in [-0.39, 0.29) is 29.4 Å². The zero-order chi connectivity index (χ0) is 21.8. The van der Waals surface area contributed by atoms with Crippen LogP contribution in [-0.4, -0.2) is 75.5 Å². The fraction of sp³-hybridized carbons (Fsp3) is 0.429. The molecule has 2 saturated heterocycles. The molecule has 8 nitrogen and oxygen atoms in total. The number of carbonyl (C=O) groups is 2. The van der Waals surface area contributed by atoms with Crippen LogP contribution in [0.3, 0.4) is 0 Å². The third-order valence-corrected chi connectivity index (χ3v) is 7.78. The number of amides is 2. The van der Waals surface area contributed by atoms with Crippen molar-refractivity contribution in [3.63, 3.8) is 0 Å². The summed E-state index contributed by atoms with van der Waals surface area (Å²) in [5.74, 6) is -0.257. The van der Waals surface area contributed by atoms with Crippen molar-refractivity contribution < 1.29 is 22.7 Å². The molecule has 2 aliphatic rings. The first-order valence-electron chi connectivity index (χ1n) is 10.3. The van der Waals surface area contributed by atoms with E-state index in [9.17, 15) is 18.0 Å². The molecule has 0 aliphatic carbocycles. The van der Waals surface area contributed by atoms with Gasteiger partial charge in [0.1, 0.15) is 0 Å². The lowest BCUT2D eigenvalue weighted by Gasteiger charge is -2.34. The number of rotatable bonds is 6. The summed E-state index contributed by atoms with van der Waals surface area (Å²) in [4.78, 5) is 29.6. The molecule has 0 bridgehead atoms. The molecule has 0 spiro atoms. The third kappa shape index (κ3) is 5.15. The summed E-state index contributed by atoms with van der Waals surface area (Å²) in [6.45, 7) is 2.59. The normalized spacial score (nSPS) is 19.5. The van der Waals surface area contributed by atoms with Crippen molar-refractivity contribution in [2.24, 2.45) is 0 Å². The van der Waals surface area contributed by atoms with E-state index in [0.29, 0.717) is 43.2 Å². The van der Waals surface area contributed by atoms with Crippen molar-refractivity contribution in [3.05, 3.63) is 52.2 Å². The predicted octanol–water partition coefficient (Wildman–Crippen LogP) is 1.80. The standard InChI is InChI=1S/C21H25N3O5S2/c25-20(23-8-10-24(11-9-23)21(26)19-7-3-13-30-19)16-4-1-6-18(14-16)31(27,28)22-15-17-5-2-12-29-17/h1,3-4,6-7,13-14,17,22H,2,5,8-12,15H2/t17-/m0/s1. The molecule has 2 aromatic rings. The average molecular weight is 464 g/mol. The minimum Gasteiger partial charge on any atom is -0.377 e. The monoisotopic (exact) mass is 463 g/mol. The maximum Gasteiger partial charge on any atom is 0.264 e. The molecule has 2 aliphatic heterocycles. The van der Waals surface area contributed by atoms with E-state index in [1.807, 2.05) is 11.4 Å². The summed E-state index contributed by atoms with van der Waals surface area (Å²) in [6.07, 6.45) is 1.66. The van der Waals surface area contributed by atoms with Gasteiger partial charge in [-0.25, -0.2) is 13.1 Å². The van der Waals surface area contributed by atoms with Gasteiger partial charge in [-0.05, 0) is 42.5 Å².